The van der Waals surface area contributed by atoms with Gasteiger partial charge in [-0.1, -0.05) is 71.4 Å². The van der Waals surface area contributed by atoms with E-state index in [-0.39, 0.29) is 4.90 Å². The fourth-order valence-corrected chi connectivity index (χ4v) is 4.68. The standard InChI is InChI=1S/C23H22BrN3O3S/c1-2-18-12-14-20(15-13-18)27(31(29,30)21-9-4-3-5-10-21)17-23(28)26-25-16-19-8-6-7-11-22(19)24/h3-16H,2,17H2,1H3,(H,26,28)/b25-16-. The van der Waals surface area contributed by atoms with Crippen LogP contribution in [0.4, 0.5) is 5.69 Å². The number of carbonyl (C=O) groups excluding carboxylic acids is 1. The first-order valence-electron chi connectivity index (χ1n) is 9.65. The van der Waals surface area contributed by atoms with E-state index in [2.05, 4.69) is 26.5 Å². The van der Waals surface area contributed by atoms with Gasteiger partial charge >= 0.3 is 0 Å². The smallest absolute Gasteiger partial charge is 0.264 e. The summed E-state index contributed by atoms with van der Waals surface area (Å²) in [7, 11) is -3.94. The molecule has 0 saturated carbocycles. The Morgan fingerprint density at radius 1 is 1.00 bits per heavy atom. The number of hydrogen-bond donors (Lipinski definition) is 1. The number of nitrogens with zero attached hydrogens (tertiary/aromatic N) is 2. The second-order valence-electron chi connectivity index (χ2n) is 6.66. The van der Waals surface area contributed by atoms with Crippen LogP contribution in [0.1, 0.15) is 18.1 Å². The molecule has 3 aromatic carbocycles. The van der Waals surface area contributed by atoms with Crippen molar-refractivity contribution in [1.82, 2.24) is 5.43 Å². The van der Waals surface area contributed by atoms with Crippen LogP contribution in [-0.4, -0.2) is 27.1 Å². The van der Waals surface area contributed by atoms with Crippen molar-refractivity contribution in [3.8, 4) is 0 Å². The zero-order valence-corrected chi connectivity index (χ0v) is 19.3. The molecule has 31 heavy (non-hydrogen) atoms. The molecule has 0 aliphatic rings. The van der Waals surface area contributed by atoms with Crippen molar-refractivity contribution in [2.75, 3.05) is 10.8 Å². The van der Waals surface area contributed by atoms with Gasteiger partial charge in [-0.25, -0.2) is 13.8 Å². The molecule has 0 atom stereocenters. The molecule has 1 amide bonds. The highest BCUT2D eigenvalue weighted by atomic mass is 79.9. The number of halogens is 1. The molecule has 0 aliphatic carbocycles. The van der Waals surface area contributed by atoms with Crippen LogP contribution in [0.15, 0.2) is 93.3 Å². The van der Waals surface area contributed by atoms with Crippen molar-refractivity contribution >= 4 is 43.8 Å². The minimum atomic E-state index is -3.94. The number of carbonyl (C=O) groups is 1. The van der Waals surface area contributed by atoms with Gasteiger partial charge in [0.25, 0.3) is 15.9 Å². The minimum absolute atomic E-state index is 0.110. The van der Waals surface area contributed by atoms with E-state index in [9.17, 15) is 13.2 Å². The van der Waals surface area contributed by atoms with E-state index in [0.29, 0.717) is 5.69 Å². The maximum Gasteiger partial charge on any atom is 0.264 e. The van der Waals surface area contributed by atoms with Gasteiger partial charge in [-0.05, 0) is 42.3 Å². The molecule has 160 valence electrons. The molecule has 0 radical (unpaired) electrons. The first kappa shape index (κ1) is 22.7. The largest absolute Gasteiger partial charge is 0.271 e. The molecule has 0 bridgehead atoms. The summed E-state index contributed by atoms with van der Waals surface area (Å²) < 4.78 is 28.4. The maximum atomic E-state index is 13.3. The van der Waals surface area contributed by atoms with Crippen molar-refractivity contribution in [3.63, 3.8) is 0 Å². The average Bonchev–Trinajstić information content (AvgIpc) is 2.79. The van der Waals surface area contributed by atoms with E-state index in [1.54, 1.807) is 30.3 Å². The Morgan fingerprint density at radius 2 is 1.65 bits per heavy atom. The number of benzene rings is 3. The lowest BCUT2D eigenvalue weighted by molar-refractivity contribution is -0.119. The van der Waals surface area contributed by atoms with Crippen molar-refractivity contribution in [2.45, 2.75) is 18.2 Å². The van der Waals surface area contributed by atoms with Gasteiger partial charge < -0.3 is 0 Å². The summed E-state index contributed by atoms with van der Waals surface area (Å²) in [5.41, 5.74) is 4.67. The van der Waals surface area contributed by atoms with Crippen LogP contribution < -0.4 is 9.73 Å². The van der Waals surface area contributed by atoms with Crippen molar-refractivity contribution in [2.24, 2.45) is 5.10 Å². The molecular formula is C23H22BrN3O3S. The molecule has 8 heteroatoms. The molecule has 3 aromatic rings. The van der Waals surface area contributed by atoms with Gasteiger partial charge in [0.05, 0.1) is 16.8 Å². The number of anilines is 1. The van der Waals surface area contributed by atoms with Gasteiger partial charge in [-0.3, -0.25) is 9.10 Å². The van der Waals surface area contributed by atoms with Gasteiger partial charge in [0, 0.05) is 10.0 Å². The van der Waals surface area contributed by atoms with Gasteiger partial charge in [0.1, 0.15) is 6.54 Å². The summed E-state index contributed by atoms with van der Waals surface area (Å²) in [5.74, 6) is -0.553. The molecule has 0 aliphatic heterocycles. The summed E-state index contributed by atoms with van der Waals surface area (Å²) in [4.78, 5) is 12.7. The first-order valence-corrected chi connectivity index (χ1v) is 11.9. The molecular weight excluding hydrogens is 478 g/mol. The third-order valence-electron chi connectivity index (χ3n) is 4.55. The van der Waals surface area contributed by atoms with E-state index in [1.165, 1.54) is 18.3 Å². The number of hydrazone groups is 1. The predicted molar refractivity (Wildman–Crippen MR) is 127 cm³/mol. The van der Waals surface area contributed by atoms with Crippen LogP contribution in [0.2, 0.25) is 0 Å². The van der Waals surface area contributed by atoms with Gasteiger partial charge in [0.15, 0.2) is 0 Å². The number of nitrogens with one attached hydrogen (secondary N) is 1. The number of sulfonamides is 1. The third-order valence-corrected chi connectivity index (χ3v) is 7.06. The Hall–Kier alpha value is -2.97. The summed E-state index contributed by atoms with van der Waals surface area (Å²) >= 11 is 3.41. The summed E-state index contributed by atoms with van der Waals surface area (Å²) in [6, 6.07) is 22.6. The topological polar surface area (TPSA) is 78.8 Å². The lowest BCUT2D eigenvalue weighted by atomic mass is 10.1. The molecule has 0 aromatic heterocycles. The SMILES string of the molecule is CCc1ccc(N(CC(=O)N/N=C\c2ccccc2Br)S(=O)(=O)c2ccccc2)cc1. The Morgan fingerprint density at radius 3 is 2.29 bits per heavy atom. The highest BCUT2D eigenvalue weighted by Gasteiger charge is 2.27. The zero-order chi connectivity index (χ0) is 22.3. The van der Waals surface area contributed by atoms with Gasteiger partial charge in [-0.15, -0.1) is 0 Å². The van der Waals surface area contributed by atoms with E-state index >= 15 is 0 Å². The van der Waals surface area contributed by atoms with Crippen molar-refractivity contribution in [1.29, 1.82) is 0 Å². The highest BCUT2D eigenvalue weighted by Crippen LogP contribution is 2.24. The average molecular weight is 500 g/mol. The van der Waals surface area contributed by atoms with E-state index < -0.39 is 22.5 Å². The number of hydrogen-bond acceptors (Lipinski definition) is 4. The van der Waals surface area contributed by atoms with Crippen LogP contribution in [0.5, 0.6) is 0 Å². The summed E-state index contributed by atoms with van der Waals surface area (Å²) in [6.45, 7) is 1.61. The fourth-order valence-electron chi connectivity index (χ4n) is 2.85. The summed E-state index contributed by atoms with van der Waals surface area (Å²) in [6.07, 6.45) is 2.32. The fraction of sp³-hybridized carbons (Fsp3) is 0.130. The van der Waals surface area contributed by atoms with Crippen LogP contribution in [0.3, 0.4) is 0 Å². The molecule has 0 spiro atoms. The maximum absolute atomic E-state index is 13.3. The monoisotopic (exact) mass is 499 g/mol. The third kappa shape index (κ3) is 5.80. The van der Waals surface area contributed by atoms with Crippen molar-refractivity contribution < 1.29 is 13.2 Å². The second kappa shape index (κ2) is 10.4. The van der Waals surface area contributed by atoms with Crippen LogP contribution in [0.25, 0.3) is 0 Å². The number of amides is 1. The number of rotatable bonds is 8. The Kier molecular flexibility index (Phi) is 7.59. The van der Waals surface area contributed by atoms with Crippen LogP contribution in [-0.2, 0) is 21.2 Å². The lowest BCUT2D eigenvalue weighted by Gasteiger charge is -2.24. The normalized spacial score (nSPS) is 11.4. The van der Waals surface area contributed by atoms with Crippen molar-refractivity contribution in [3.05, 3.63) is 94.5 Å². The summed E-state index contributed by atoms with van der Waals surface area (Å²) in [5, 5.41) is 3.96. The quantitative estimate of drug-likeness (QED) is 0.369. The lowest BCUT2D eigenvalue weighted by Crippen LogP contribution is -2.39. The molecule has 1 N–H and O–H groups in total. The predicted octanol–water partition coefficient (Wildman–Crippen LogP) is 4.36. The van der Waals surface area contributed by atoms with E-state index in [0.717, 1.165) is 26.3 Å². The van der Waals surface area contributed by atoms with Crippen LogP contribution in [0, 0.1) is 0 Å². The molecule has 3 rings (SSSR count). The second-order valence-corrected chi connectivity index (χ2v) is 9.38. The van der Waals surface area contributed by atoms with Gasteiger partial charge in [-0.2, -0.15) is 5.10 Å². The van der Waals surface area contributed by atoms with E-state index in [4.69, 9.17) is 0 Å². The molecule has 0 fully saturated rings. The molecule has 0 unspecified atom stereocenters. The van der Waals surface area contributed by atoms with E-state index in [1.807, 2.05) is 43.3 Å². The minimum Gasteiger partial charge on any atom is -0.271 e. The molecule has 0 saturated heterocycles. The Balaban J connectivity index is 1.84. The molecule has 6 nitrogen and oxygen atoms in total. The van der Waals surface area contributed by atoms with Crippen LogP contribution >= 0.6 is 15.9 Å². The van der Waals surface area contributed by atoms with Gasteiger partial charge in [0.2, 0.25) is 0 Å². The first-order chi connectivity index (χ1) is 14.9. The zero-order valence-electron chi connectivity index (χ0n) is 16.9. The Labute approximate surface area is 190 Å². The highest BCUT2D eigenvalue weighted by molar-refractivity contribution is 9.10. The molecule has 0 heterocycles. The Bertz CT molecular complexity index is 1160. The number of aryl methyl sites for hydroxylation is 1.